The molecule has 1 fully saturated rings. The van der Waals surface area contributed by atoms with Crippen molar-refractivity contribution in [2.45, 2.75) is 0 Å². The van der Waals surface area contributed by atoms with Gasteiger partial charge in [-0.1, -0.05) is 12.1 Å². The Bertz CT molecular complexity index is 1050. The number of hydrogen-bond acceptors (Lipinski definition) is 8. The number of hydrogen-bond donors (Lipinski definition) is 0. The Hall–Kier alpha value is -3.93. The van der Waals surface area contributed by atoms with Crippen LogP contribution in [-0.4, -0.2) is 55.7 Å². The topological polar surface area (TPSA) is 105 Å². The third-order valence-corrected chi connectivity index (χ3v) is 4.79. The Morgan fingerprint density at radius 1 is 1.17 bits per heavy atom. The minimum absolute atomic E-state index is 0.0746. The first-order valence-electron chi connectivity index (χ1n) is 9.43. The van der Waals surface area contributed by atoms with Crippen LogP contribution in [0.15, 0.2) is 51.5 Å². The Morgan fingerprint density at radius 3 is 2.60 bits per heavy atom. The van der Waals surface area contributed by atoms with Crippen LogP contribution in [0.1, 0.15) is 5.69 Å². The van der Waals surface area contributed by atoms with E-state index in [-0.39, 0.29) is 24.1 Å². The van der Waals surface area contributed by atoms with Gasteiger partial charge in [0.2, 0.25) is 11.6 Å². The first-order valence-corrected chi connectivity index (χ1v) is 9.43. The maximum Gasteiger partial charge on any atom is 0.266 e. The van der Waals surface area contributed by atoms with Gasteiger partial charge in [0, 0.05) is 26.2 Å². The van der Waals surface area contributed by atoms with E-state index in [2.05, 4.69) is 11.1 Å². The third kappa shape index (κ3) is 3.93. The standard InChI is InChI=1S/C21H20N4O5/c1-27-16-5-2-3-6-17(16)29-14-19(26)24-8-10-25(11-9-24)21-15(13-22)23-20(30-21)18-7-4-12-28-18/h2-7,12H,8-11,14H2,1H3. The number of carbonyl (C=O) groups is 1. The zero-order valence-electron chi connectivity index (χ0n) is 16.4. The van der Waals surface area contributed by atoms with Crippen molar-refractivity contribution in [3.8, 4) is 29.2 Å². The number of nitriles is 1. The number of piperazine rings is 1. The number of rotatable bonds is 6. The van der Waals surface area contributed by atoms with Crippen LogP contribution in [0.25, 0.3) is 11.7 Å². The molecule has 0 unspecified atom stereocenters. The lowest BCUT2D eigenvalue weighted by molar-refractivity contribution is -0.133. The van der Waals surface area contributed by atoms with Crippen molar-refractivity contribution in [3.05, 3.63) is 48.4 Å². The molecule has 0 atom stereocenters. The van der Waals surface area contributed by atoms with Crippen LogP contribution in [0.3, 0.4) is 0 Å². The molecule has 3 heterocycles. The van der Waals surface area contributed by atoms with Gasteiger partial charge in [0.1, 0.15) is 6.07 Å². The molecule has 3 aromatic rings. The lowest BCUT2D eigenvalue weighted by Crippen LogP contribution is -2.50. The number of oxazole rings is 1. The summed E-state index contributed by atoms with van der Waals surface area (Å²) in [6.45, 7) is 1.92. The molecule has 0 saturated carbocycles. The van der Waals surface area contributed by atoms with Gasteiger partial charge in [0.25, 0.3) is 11.8 Å². The first-order chi connectivity index (χ1) is 14.7. The summed E-state index contributed by atoms with van der Waals surface area (Å²) in [5, 5.41) is 9.40. The van der Waals surface area contributed by atoms with Gasteiger partial charge in [-0.25, -0.2) is 0 Å². The summed E-state index contributed by atoms with van der Waals surface area (Å²) in [5.41, 5.74) is 0.195. The van der Waals surface area contributed by atoms with Crippen molar-refractivity contribution in [2.75, 3.05) is 44.8 Å². The molecule has 1 aliphatic heterocycles. The fourth-order valence-electron chi connectivity index (χ4n) is 3.23. The Morgan fingerprint density at radius 2 is 1.93 bits per heavy atom. The highest BCUT2D eigenvalue weighted by molar-refractivity contribution is 5.78. The largest absolute Gasteiger partial charge is 0.493 e. The molecule has 0 bridgehead atoms. The van der Waals surface area contributed by atoms with E-state index >= 15 is 0 Å². The molecular formula is C21H20N4O5. The summed E-state index contributed by atoms with van der Waals surface area (Å²) in [6, 6.07) is 12.7. The van der Waals surface area contributed by atoms with Gasteiger partial charge >= 0.3 is 0 Å². The number of ether oxygens (including phenoxy) is 2. The molecule has 1 amide bonds. The molecule has 0 radical (unpaired) electrons. The van der Waals surface area contributed by atoms with E-state index in [0.29, 0.717) is 49.3 Å². The maximum absolute atomic E-state index is 12.5. The molecule has 154 valence electrons. The average Bonchev–Trinajstić information content (AvgIpc) is 3.47. The Kier molecular flexibility index (Phi) is 5.57. The van der Waals surface area contributed by atoms with Gasteiger partial charge in [-0.3, -0.25) is 4.79 Å². The van der Waals surface area contributed by atoms with Crippen LogP contribution in [0.5, 0.6) is 11.5 Å². The van der Waals surface area contributed by atoms with Gasteiger partial charge in [-0.15, -0.1) is 0 Å². The average molecular weight is 408 g/mol. The number of furan rings is 1. The molecule has 1 aliphatic rings. The molecule has 0 aliphatic carbocycles. The van der Waals surface area contributed by atoms with Crippen LogP contribution in [0.2, 0.25) is 0 Å². The number of methoxy groups -OCH3 is 1. The molecular weight excluding hydrogens is 388 g/mol. The van der Waals surface area contributed by atoms with Gasteiger partial charge in [0.15, 0.2) is 23.9 Å². The normalized spacial score (nSPS) is 13.7. The highest BCUT2D eigenvalue weighted by Gasteiger charge is 2.27. The zero-order chi connectivity index (χ0) is 20.9. The number of carbonyl (C=O) groups excluding carboxylic acids is 1. The van der Waals surface area contributed by atoms with E-state index in [1.54, 1.807) is 36.3 Å². The molecule has 9 nitrogen and oxygen atoms in total. The second kappa shape index (κ2) is 8.61. The van der Waals surface area contributed by atoms with Crippen molar-refractivity contribution < 1.29 is 23.1 Å². The quantitative estimate of drug-likeness (QED) is 0.613. The number of nitrogens with zero attached hydrogens (tertiary/aromatic N) is 4. The number of para-hydroxylation sites is 2. The van der Waals surface area contributed by atoms with Crippen molar-refractivity contribution in [2.24, 2.45) is 0 Å². The molecule has 9 heteroatoms. The Balaban J connectivity index is 1.36. The summed E-state index contributed by atoms with van der Waals surface area (Å²) in [6.07, 6.45) is 1.52. The van der Waals surface area contributed by atoms with E-state index in [1.807, 2.05) is 17.0 Å². The van der Waals surface area contributed by atoms with E-state index in [9.17, 15) is 10.1 Å². The number of aromatic nitrogens is 1. The van der Waals surface area contributed by atoms with Gasteiger partial charge in [-0.05, 0) is 24.3 Å². The minimum atomic E-state index is -0.116. The van der Waals surface area contributed by atoms with E-state index < -0.39 is 0 Å². The highest BCUT2D eigenvalue weighted by atomic mass is 16.5. The SMILES string of the molecule is COc1ccccc1OCC(=O)N1CCN(c2oc(-c3ccco3)nc2C#N)CC1. The predicted octanol–water partition coefficient (Wildman–Crippen LogP) is 2.54. The summed E-state index contributed by atoms with van der Waals surface area (Å²) < 4.78 is 21.9. The number of anilines is 1. The molecule has 4 rings (SSSR count). The second-order valence-electron chi connectivity index (χ2n) is 6.57. The highest BCUT2D eigenvalue weighted by Crippen LogP contribution is 2.29. The van der Waals surface area contributed by atoms with Crippen LogP contribution in [0, 0.1) is 11.3 Å². The second-order valence-corrected chi connectivity index (χ2v) is 6.57. The van der Waals surface area contributed by atoms with Crippen LogP contribution >= 0.6 is 0 Å². The first kappa shape index (κ1) is 19.4. The molecule has 0 spiro atoms. The lowest BCUT2D eigenvalue weighted by Gasteiger charge is -2.34. The monoisotopic (exact) mass is 408 g/mol. The third-order valence-electron chi connectivity index (χ3n) is 4.79. The maximum atomic E-state index is 12.5. The zero-order valence-corrected chi connectivity index (χ0v) is 16.4. The van der Waals surface area contributed by atoms with Gasteiger partial charge < -0.3 is 28.1 Å². The van der Waals surface area contributed by atoms with Crippen molar-refractivity contribution in [1.82, 2.24) is 9.88 Å². The number of amides is 1. The molecule has 30 heavy (non-hydrogen) atoms. The molecule has 0 N–H and O–H groups in total. The fraction of sp³-hybridized carbons (Fsp3) is 0.286. The van der Waals surface area contributed by atoms with Crippen molar-refractivity contribution in [1.29, 1.82) is 5.26 Å². The summed E-state index contributed by atoms with van der Waals surface area (Å²) in [5.74, 6) is 2.10. The van der Waals surface area contributed by atoms with E-state index in [4.69, 9.17) is 18.3 Å². The molecule has 2 aromatic heterocycles. The van der Waals surface area contributed by atoms with E-state index in [1.165, 1.54) is 6.26 Å². The van der Waals surface area contributed by atoms with E-state index in [0.717, 1.165) is 0 Å². The molecule has 1 saturated heterocycles. The lowest BCUT2D eigenvalue weighted by atomic mass is 10.3. The van der Waals surface area contributed by atoms with Gasteiger partial charge in [0.05, 0.1) is 13.4 Å². The number of benzene rings is 1. The summed E-state index contributed by atoms with van der Waals surface area (Å²) in [7, 11) is 1.56. The summed E-state index contributed by atoms with van der Waals surface area (Å²) >= 11 is 0. The van der Waals surface area contributed by atoms with Gasteiger partial charge in [-0.2, -0.15) is 10.2 Å². The summed E-state index contributed by atoms with van der Waals surface area (Å²) in [4.78, 5) is 20.4. The fourth-order valence-corrected chi connectivity index (χ4v) is 3.23. The molecule has 1 aromatic carbocycles. The van der Waals surface area contributed by atoms with Crippen LogP contribution in [-0.2, 0) is 4.79 Å². The predicted molar refractivity (Wildman–Crippen MR) is 106 cm³/mol. The van der Waals surface area contributed by atoms with Crippen molar-refractivity contribution >= 4 is 11.8 Å². The van der Waals surface area contributed by atoms with Crippen molar-refractivity contribution in [3.63, 3.8) is 0 Å². The Labute approximate surface area is 173 Å². The van der Waals surface area contributed by atoms with Crippen LogP contribution in [0.4, 0.5) is 5.88 Å². The smallest absolute Gasteiger partial charge is 0.266 e. The van der Waals surface area contributed by atoms with Crippen LogP contribution < -0.4 is 14.4 Å². The minimum Gasteiger partial charge on any atom is -0.493 e.